The number of nitrogens with one attached hydrogen (secondary N) is 1. The highest BCUT2D eigenvalue weighted by Crippen LogP contribution is 2.18. The summed E-state index contributed by atoms with van der Waals surface area (Å²) in [7, 11) is 0. The molecule has 98 valence electrons. The predicted molar refractivity (Wildman–Crippen MR) is 80.5 cm³/mol. The Labute approximate surface area is 120 Å². The van der Waals surface area contributed by atoms with E-state index in [0.717, 1.165) is 10.4 Å². The second-order valence-electron chi connectivity index (χ2n) is 3.96. The zero-order valence-electron chi connectivity index (χ0n) is 10.5. The summed E-state index contributed by atoms with van der Waals surface area (Å²) in [6.45, 7) is 2.30. The maximum absolute atomic E-state index is 12.1. The fourth-order valence-electron chi connectivity index (χ4n) is 1.54. The molecule has 19 heavy (non-hydrogen) atoms. The minimum absolute atomic E-state index is 0.0113. The van der Waals surface area contributed by atoms with E-state index in [-0.39, 0.29) is 11.9 Å². The average Bonchev–Trinajstić information content (AvgIpc) is 3.07. The zero-order valence-corrected chi connectivity index (χ0v) is 12.1. The number of rotatable bonds is 3. The molecule has 1 unspecified atom stereocenters. The highest BCUT2D eigenvalue weighted by Gasteiger charge is 2.12. The third-order valence-corrected chi connectivity index (χ3v) is 4.11. The van der Waals surface area contributed by atoms with Gasteiger partial charge < -0.3 is 11.1 Å². The number of hydrogen-bond donors (Lipinski definition) is 2. The molecule has 2 rings (SSSR count). The Kier molecular flexibility index (Phi) is 4.74. The van der Waals surface area contributed by atoms with Gasteiger partial charge in [-0.1, -0.05) is 11.8 Å². The zero-order chi connectivity index (χ0) is 13.7. The molecule has 0 spiro atoms. The Morgan fingerprint density at radius 2 is 2.37 bits per heavy atom. The van der Waals surface area contributed by atoms with Crippen LogP contribution in [0, 0.1) is 11.8 Å². The van der Waals surface area contributed by atoms with Gasteiger partial charge in [0.15, 0.2) is 0 Å². The Bertz CT molecular complexity index is 605. The lowest BCUT2D eigenvalue weighted by Crippen LogP contribution is -2.25. The van der Waals surface area contributed by atoms with Crippen LogP contribution in [0.5, 0.6) is 0 Å². The van der Waals surface area contributed by atoms with Crippen molar-refractivity contribution < 1.29 is 4.79 Å². The van der Waals surface area contributed by atoms with E-state index < -0.39 is 0 Å². The molecule has 1 atom stereocenters. The molecule has 0 saturated heterocycles. The topological polar surface area (TPSA) is 55.1 Å². The highest BCUT2D eigenvalue weighted by atomic mass is 32.1. The van der Waals surface area contributed by atoms with Gasteiger partial charge in [0.25, 0.3) is 5.91 Å². The minimum atomic E-state index is -0.0734. The van der Waals surface area contributed by atoms with Gasteiger partial charge in [0.1, 0.15) is 0 Å². The van der Waals surface area contributed by atoms with Crippen molar-refractivity contribution in [3.05, 3.63) is 44.3 Å². The molecule has 0 saturated carbocycles. The Hall–Kier alpha value is -1.61. The van der Waals surface area contributed by atoms with Crippen LogP contribution in [-0.4, -0.2) is 12.5 Å². The molecule has 2 aromatic rings. The minimum Gasteiger partial charge on any atom is -0.345 e. The van der Waals surface area contributed by atoms with Crippen molar-refractivity contribution in [2.24, 2.45) is 5.73 Å². The summed E-state index contributed by atoms with van der Waals surface area (Å²) in [5.74, 6) is 5.63. The third-order valence-electron chi connectivity index (χ3n) is 2.57. The lowest BCUT2D eigenvalue weighted by atomic mass is 10.1. The van der Waals surface area contributed by atoms with Gasteiger partial charge in [0.2, 0.25) is 0 Å². The molecule has 5 heteroatoms. The fourth-order valence-corrected chi connectivity index (χ4v) is 3.05. The Morgan fingerprint density at radius 3 is 3.05 bits per heavy atom. The van der Waals surface area contributed by atoms with Crippen molar-refractivity contribution in [2.45, 2.75) is 13.0 Å². The maximum atomic E-state index is 12.1. The summed E-state index contributed by atoms with van der Waals surface area (Å²) in [5, 5.41) is 8.83. The first-order valence-electron chi connectivity index (χ1n) is 5.81. The molecule has 3 N–H and O–H groups in total. The molecular formula is C14H14N2OS2. The normalized spacial score (nSPS) is 11.5. The maximum Gasteiger partial charge on any atom is 0.252 e. The number of carbonyl (C=O) groups is 1. The van der Waals surface area contributed by atoms with Crippen molar-refractivity contribution in [3.63, 3.8) is 0 Å². The lowest BCUT2D eigenvalue weighted by Gasteiger charge is -2.11. The van der Waals surface area contributed by atoms with Crippen LogP contribution in [0.25, 0.3) is 0 Å². The molecule has 3 nitrogen and oxygen atoms in total. The molecule has 0 aliphatic rings. The van der Waals surface area contributed by atoms with Crippen LogP contribution in [0.1, 0.15) is 33.8 Å². The molecule has 2 heterocycles. The van der Waals surface area contributed by atoms with E-state index in [2.05, 4.69) is 17.2 Å². The molecule has 0 radical (unpaired) electrons. The van der Waals surface area contributed by atoms with Gasteiger partial charge in [-0.3, -0.25) is 4.79 Å². The molecular weight excluding hydrogens is 276 g/mol. The predicted octanol–water partition coefficient (Wildman–Crippen LogP) is 2.61. The Morgan fingerprint density at radius 1 is 1.53 bits per heavy atom. The van der Waals surface area contributed by atoms with E-state index in [1.807, 2.05) is 29.1 Å². The molecule has 0 aromatic carbocycles. The van der Waals surface area contributed by atoms with Gasteiger partial charge in [0, 0.05) is 5.38 Å². The lowest BCUT2D eigenvalue weighted by molar-refractivity contribution is 0.0940. The smallest absolute Gasteiger partial charge is 0.252 e. The second-order valence-corrected chi connectivity index (χ2v) is 5.65. The largest absolute Gasteiger partial charge is 0.345 e. The van der Waals surface area contributed by atoms with Gasteiger partial charge in [-0.25, -0.2) is 0 Å². The SMILES string of the molecule is CC(NC(=O)c1csc(C#CCN)c1)c1ccsc1. The summed E-state index contributed by atoms with van der Waals surface area (Å²) in [6.07, 6.45) is 0. The molecule has 0 bridgehead atoms. The fraction of sp³-hybridized carbons (Fsp3) is 0.214. The van der Waals surface area contributed by atoms with Crippen LogP contribution in [0.3, 0.4) is 0 Å². The molecule has 0 fully saturated rings. The molecule has 0 aliphatic carbocycles. The van der Waals surface area contributed by atoms with E-state index in [0.29, 0.717) is 12.1 Å². The van der Waals surface area contributed by atoms with Gasteiger partial charge in [-0.05, 0) is 35.4 Å². The number of amides is 1. The van der Waals surface area contributed by atoms with Crippen molar-refractivity contribution >= 4 is 28.6 Å². The van der Waals surface area contributed by atoms with E-state index in [9.17, 15) is 4.79 Å². The van der Waals surface area contributed by atoms with E-state index >= 15 is 0 Å². The van der Waals surface area contributed by atoms with Crippen LogP contribution >= 0.6 is 22.7 Å². The van der Waals surface area contributed by atoms with Gasteiger partial charge in [-0.15, -0.1) is 11.3 Å². The number of hydrogen-bond acceptors (Lipinski definition) is 4. The molecule has 1 amide bonds. The molecule has 0 aliphatic heterocycles. The number of carbonyl (C=O) groups excluding carboxylic acids is 1. The summed E-state index contributed by atoms with van der Waals surface area (Å²) in [6, 6.07) is 3.82. The monoisotopic (exact) mass is 290 g/mol. The summed E-state index contributed by atoms with van der Waals surface area (Å²) in [5.41, 5.74) is 7.08. The van der Waals surface area contributed by atoms with Crippen LogP contribution in [0.2, 0.25) is 0 Å². The van der Waals surface area contributed by atoms with E-state index in [1.54, 1.807) is 17.4 Å². The first-order valence-corrected chi connectivity index (χ1v) is 7.63. The highest BCUT2D eigenvalue weighted by molar-refractivity contribution is 7.10. The van der Waals surface area contributed by atoms with Gasteiger partial charge >= 0.3 is 0 Å². The summed E-state index contributed by atoms with van der Waals surface area (Å²) in [4.78, 5) is 12.9. The number of nitrogens with two attached hydrogens (primary N) is 1. The Balaban J connectivity index is 2.02. The van der Waals surface area contributed by atoms with Crippen LogP contribution in [-0.2, 0) is 0 Å². The average molecular weight is 290 g/mol. The second kappa shape index (κ2) is 6.53. The van der Waals surface area contributed by atoms with Gasteiger partial charge in [0.05, 0.1) is 23.0 Å². The van der Waals surface area contributed by atoms with Crippen molar-refractivity contribution in [3.8, 4) is 11.8 Å². The molecule has 2 aromatic heterocycles. The van der Waals surface area contributed by atoms with E-state index in [4.69, 9.17) is 5.73 Å². The van der Waals surface area contributed by atoms with Crippen molar-refractivity contribution in [1.82, 2.24) is 5.32 Å². The first kappa shape index (κ1) is 13.8. The number of thiophene rings is 2. The van der Waals surface area contributed by atoms with Crippen LogP contribution in [0.4, 0.5) is 0 Å². The van der Waals surface area contributed by atoms with Crippen LogP contribution < -0.4 is 11.1 Å². The van der Waals surface area contributed by atoms with Crippen molar-refractivity contribution in [2.75, 3.05) is 6.54 Å². The summed E-state index contributed by atoms with van der Waals surface area (Å²) >= 11 is 3.08. The van der Waals surface area contributed by atoms with E-state index in [1.165, 1.54) is 11.3 Å². The van der Waals surface area contributed by atoms with Crippen molar-refractivity contribution in [1.29, 1.82) is 0 Å². The quantitative estimate of drug-likeness (QED) is 0.854. The van der Waals surface area contributed by atoms with Crippen LogP contribution in [0.15, 0.2) is 28.3 Å². The van der Waals surface area contributed by atoms with Gasteiger partial charge in [-0.2, -0.15) is 11.3 Å². The first-order chi connectivity index (χ1) is 9.20. The summed E-state index contributed by atoms with van der Waals surface area (Å²) < 4.78 is 0. The third kappa shape index (κ3) is 3.67. The standard InChI is InChI=1S/C14H14N2OS2/c1-10(11-4-6-18-8-11)16-14(17)12-7-13(19-9-12)3-2-5-15/h4,6-10H,5,15H2,1H3,(H,16,17).